The molecule has 2 nitrogen and oxygen atoms in total. The Morgan fingerprint density at radius 2 is 1.96 bits per heavy atom. The zero-order chi connectivity index (χ0) is 18.9. The number of halogens is 1. The van der Waals surface area contributed by atoms with Crippen LogP contribution in [0, 0.1) is 16.7 Å². The van der Waals surface area contributed by atoms with Crippen LogP contribution >= 0.6 is 23.5 Å². The molecule has 2 aliphatic carbocycles. The molecule has 0 aliphatic heterocycles. The SMILES string of the molecule is CCCCC(NSC1C(OC)[C@]2(C)CC[C@H]1C2(C)C)c1ccc(Cl)cc1. The summed E-state index contributed by atoms with van der Waals surface area (Å²) in [4.78, 5) is 0. The summed E-state index contributed by atoms with van der Waals surface area (Å²) < 4.78 is 9.88. The van der Waals surface area contributed by atoms with E-state index in [-0.39, 0.29) is 5.41 Å². The molecule has 1 aromatic carbocycles. The quantitative estimate of drug-likeness (QED) is 0.498. The number of hydrogen-bond donors (Lipinski definition) is 1. The number of unbranched alkanes of at least 4 members (excludes halogenated alkanes) is 1. The molecule has 0 amide bonds. The summed E-state index contributed by atoms with van der Waals surface area (Å²) in [6.45, 7) is 9.60. The minimum Gasteiger partial charge on any atom is -0.380 e. The summed E-state index contributed by atoms with van der Waals surface area (Å²) in [6, 6.07) is 8.69. The lowest BCUT2D eigenvalue weighted by molar-refractivity contribution is -0.0177. The van der Waals surface area contributed by atoms with E-state index in [1.807, 2.05) is 31.2 Å². The van der Waals surface area contributed by atoms with Gasteiger partial charge in [0.05, 0.1) is 6.10 Å². The van der Waals surface area contributed by atoms with E-state index in [1.165, 1.54) is 31.2 Å². The molecule has 0 aromatic heterocycles. The van der Waals surface area contributed by atoms with E-state index in [1.54, 1.807) is 0 Å². The number of fused-ring (bicyclic) bond motifs is 2. The van der Waals surface area contributed by atoms with Gasteiger partial charge in [-0.1, -0.05) is 76.2 Å². The maximum Gasteiger partial charge on any atom is 0.0764 e. The van der Waals surface area contributed by atoms with Gasteiger partial charge in [0.1, 0.15) is 0 Å². The highest BCUT2D eigenvalue weighted by Gasteiger charge is 2.66. The molecule has 1 aromatic rings. The van der Waals surface area contributed by atoms with Crippen LogP contribution in [0.2, 0.25) is 5.02 Å². The van der Waals surface area contributed by atoms with Gasteiger partial charge in [-0.05, 0) is 48.3 Å². The van der Waals surface area contributed by atoms with Crippen molar-refractivity contribution in [1.82, 2.24) is 4.72 Å². The van der Waals surface area contributed by atoms with Crippen molar-refractivity contribution in [3.05, 3.63) is 34.9 Å². The highest BCUT2D eigenvalue weighted by atomic mass is 35.5. The molecule has 2 saturated carbocycles. The van der Waals surface area contributed by atoms with E-state index in [9.17, 15) is 0 Å². The average molecular weight is 396 g/mol. The third-order valence-corrected chi connectivity index (χ3v) is 8.94. The molecular formula is C22H34ClNOS. The molecule has 26 heavy (non-hydrogen) atoms. The summed E-state index contributed by atoms with van der Waals surface area (Å²) in [5.74, 6) is 0.715. The van der Waals surface area contributed by atoms with E-state index >= 15 is 0 Å². The second kappa shape index (κ2) is 8.03. The van der Waals surface area contributed by atoms with Crippen LogP contribution < -0.4 is 4.72 Å². The minimum absolute atomic E-state index is 0.283. The van der Waals surface area contributed by atoms with Gasteiger partial charge in [0, 0.05) is 28.8 Å². The van der Waals surface area contributed by atoms with Crippen LogP contribution in [0.15, 0.2) is 24.3 Å². The molecule has 3 unspecified atom stereocenters. The third-order valence-electron chi connectivity index (χ3n) is 7.42. The summed E-state index contributed by atoms with van der Waals surface area (Å²) in [5.41, 5.74) is 1.95. The standard InChI is InChI=1S/C22H34ClNOS/c1-6-7-8-18(15-9-11-16(23)12-10-15)24-26-19-17-13-14-22(4,20(19)25-5)21(17,2)3/h9-12,17-20,24H,6-8,13-14H2,1-5H3/t17-,18?,19?,20?,22+/m1/s1. The van der Waals surface area contributed by atoms with Crippen molar-refractivity contribution in [1.29, 1.82) is 0 Å². The highest BCUT2D eigenvalue weighted by Crippen LogP contribution is 2.68. The van der Waals surface area contributed by atoms with Crippen molar-refractivity contribution in [3.8, 4) is 0 Å². The number of benzene rings is 1. The first-order chi connectivity index (χ1) is 12.3. The van der Waals surface area contributed by atoms with Crippen LogP contribution in [0.3, 0.4) is 0 Å². The molecule has 1 N–H and O–H groups in total. The molecular weight excluding hydrogens is 362 g/mol. The molecule has 0 heterocycles. The van der Waals surface area contributed by atoms with Gasteiger partial charge in [-0.25, -0.2) is 0 Å². The Bertz CT molecular complexity index is 605. The van der Waals surface area contributed by atoms with E-state index in [0.29, 0.717) is 28.7 Å². The van der Waals surface area contributed by atoms with Gasteiger partial charge in [-0.2, -0.15) is 0 Å². The topological polar surface area (TPSA) is 21.3 Å². The smallest absolute Gasteiger partial charge is 0.0764 e. The summed E-state index contributed by atoms with van der Waals surface area (Å²) in [7, 11) is 1.90. The van der Waals surface area contributed by atoms with E-state index in [4.69, 9.17) is 16.3 Å². The molecule has 0 spiro atoms. The predicted molar refractivity (Wildman–Crippen MR) is 114 cm³/mol. The Balaban J connectivity index is 1.73. The monoisotopic (exact) mass is 395 g/mol. The summed E-state index contributed by atoms with van der Waals surface area (Å²) >= 11 is 8.02. The highest BCUT2D eigenvalue weighted by molar-refractivity contribution is 7.98. The van der Waals surface area contributed by atoms with Gasteiger partial charge in [0.15, 0.2) is 0 Å². The van der Waals surface area contributed by atoms with Gasteiger partial charge in [0.2, 0.25) is 0 Å². The van der Waals surface area contributed by atoms with Crippen molar-refractivity contribution in [2.24, 2.45) is 16.7 Å². The molecule has 0 saturated heterocycles. The van der Waals surface area contributed by atoms with Gasteiger partial charge >= 0.3 is 0 Å². The fourth-order valence-electron chi connectivity index (χ4n) is 5.32. The van der Waals surface area contributed by atoms with Crippen molar-refractivity contribution >= 4 is 23.5 Å². The van der Waals surface area contributed by atoms with Crippen LogP contribution in [0.5, 0.6) is 0 Å². The Hall–Kier alpha value is -0.220. The number of rotatable bonds is 8. The van der Waals surface area contributed by atoms with E-state index < -0.39 is 0 Å². The first-order valence-corrected chi connectivity index (χ1v) is 11.3. The fraction of sp³-hybridized carbons (Fsp3) is 0.727. The van der Waals surface area contributed by atoms with Crippen molar-refractivity contribution < 1.29 is 4.74 Å². The van der Waals surface area contributed by atoms with Crippen LogP contribution in [0.4, 0.5) is 0 Å². The predicted octanol–water partition coefficient (Wildman–Crippen LogP) is 6.65. The molecule has 2 fully saturated rings. The van der Waals surface area contributed by atoms with Gasteiger partial charge in [-0.15, -0.1) is 0 Å². The largest absolute Gasteiger partial charge is 0.380 e. The zero-order valence-electron chi connectivity index (χ0n) is 16.8. The van der Waals surface area contributed by atoms with E-state index in [2.05, 4.69) is 44.5 Å². The average Bonchev–Trinajstić information content (AvgIpc) is 2.94. The fourth-order valence-corrected chi connectivity index (χ4v) is 7.19. The minimum atomic E-state index is 0.283. The normalized spacial score (nSPS) is 33.5. The molecule has 2 aliphatic rings. The molecule has 146 valence electrons. The lowest BCUT2D eigenvalue weighted by atomic mass is 9.70. The van der Waals surface area contributed by atoms with E-state index in [0.717, 1.165) is 11.4 Å². The number of nitrogens with one attached hydrogen (secondary N) is 1. The molecule has 3 rings (SSSR count). The van der Waals surface area contributed by atoms with Crippen molar-refractivity contribution in [2.45, 2.75) is 77.2 Å². The second-order valence-electron chi connectivity index (χ2n) is 8.89. The summed E-state index contributed by atoms with van der Waals surface area (Å²) in [5, 5.41) is 1.32. The van der Waals surface area contributed by atoms with Crippen LogP contribution in [0.1, 0.15) is 71.4 Å². The Kier molecular flexibility index (Phi) is 6.33. The first-order valence-electron chi connectivity index (χ1n) is 10.0. The maximum atomic E-state index is 6.09. The number of ether oxygens (including phenoxy) is 1. The van der Waals surface area contributed by atoms with Crippen molar-refractivity contribution in [2.75, 3.05) is 7.11 Å². The number of methoxy groups -OCH3 is 1. The third kappa shape index (κ3) is 3.45. The van der Waals surface area contributed by atoms with Gasteiger partial charge in [0.25, 0.3) is 0 Å². The molecule has 0 radical (unpaired) electrons. The molecule has 2 bridgehead atoms. The Labute approximate surface area is 168 Å². The van der Waals surface area contributed by atoms with Gasteiger partial charge < -0.3 is 4.74 Å². The summed E-state index contributed by atoms with van der Waals surface area (Å²) in [6.07, 6.45) is 6.53. The lowest BCUT2D eigenvalue weighted by Crippen LogP contribution is -2.41. The zero-order valence-corrected chi connectivity index (χ0v) is 18.4. The van der Waals surface area contributed by atoms with Crippen LogP contribution in [-0.2, 0) is 4.74 Å². The number of hydrogen-bond acceptors (Lipinski definition) is 3. The van der Waals surface area contributed by atoms with Crippen molar-refractivity contribution in [3.63, 3.8) is 0 Å². The maximum absolute atomic E-state index is 6.09. The van der Waals surface area contributed by atoms with Crippen LogP contribution in [0.25, 0.3) is 0 Å². The molecule has 5 atom stereocenters. The first kappa shape index (κ1) is 20.5. The Morgan fingerprint density at radius 3 is 2.58 bits per heavy atom. The van der Waals surface area contributed by atoms with Crippen LogP contribution in [-0.4, -0.2) is 18.5 Å². The second-order valence-corrected chi connectivity index (χ2v) is 10.3. The molecule has 4 heteroatoms. The lowest BCUT2D eigenvalue weighted by Gasteiger charge is -2.39. The van der Waals surface area contributed by atoms with Gasteiger partial charge in [-0.3, -0.25) is 4.72 Å². The Morgan fingerprint density at radius 1 is 1.27 bits per heavy atom.